The largest absolute Gasteiger partial charge is 0.497 e. The van der Waals surface area contributed by atoms with Gasteiger partial charge in [0, 0.05) is 11.0 Å². The monoisotopic (exact) mass is 282 g/mol. The third kappa shape index (κ3) is 2.49. The molecule has 2 rings (SSSR count). The summed E-state index contributed by atoms with van der Waals surface area (Å²) in [5.41, 5.74) is 1.06. The van der Waals surface area contributed by atoms with Crippen LogP contribution in [0.5, 0.6) is 5.75 Å². The molecule has 0 bridgehead atoms. The second-order valence-corrected chi connectivity index (χ2v) is 6.24. The van der Waals surface area contributed by atoms with Gasteiger partial charge in [0.25, 0.3) is 0 Å². The van der Waals surface area contributed by atoms with Gasteiger partial charge in [-0.1, -0.05) is 6.92 Å². The zero-order chi connectivity index (χ0) is 14.2. The van der Waals surface area contributed by atoms with Gasteiger partial charge in [-0.2, -0.15) is 0 Å². The third-order valence-corrected chi connectivity index (χ3v) is 4.63. The van der Waals surface area contributed by atoms with Crippen molar-refractivity contribution in [2.45, 2.75) is 18.2 Å². The molecular formula is C13H14O5S. The molecule has 0 amide bonds. The highest BCUT2D eigenvalue weighted by molar-refractivity contribution is 7.95. The van der Waals surface area contributed by atoms with Crippen molar-refractivity contribution in [3.05, 3.63) is 29.2 Å². The lowest BCUT2D eigenvalue weighted by Crippen LogP contribution is -2.05. The van der Waals surface area contributed by atoms with Crippen LogP contribution in [-0.2, 0) is 14.6 Å². The van der Waals surface area contributed by atoms with E-state index in [2.05, 4.69) is 0 Å². The van der Waals surface area contributed by atoms with Crippen molar-refractivity contribution in [3.63, 3.8) is 0 Å². The van der Waals surface area contributed by atoms with E-state index >= 15 is 0 Å². The summed E-state index contributed by atoms with van der Waals surface area (Å²) in [6.07, 6.45) is -0.113. The fourth-order valence-electron chi connectivity index (χ4n) is 2.16. The van der Waals surface area contributed by atoms with E-state index in [1.54, 1.807) is 19.1 Å². The van der Waals surface area contributed by atoms with Crippen molar-refractivity contribution in [1.82, 2.24) is 0 Å². The Bertz CT molecular complexity index is 658. The van der Waals surface area contributed by atoms with Crippen molar-refractivity contribution in [2.24, 2.45) is 5.92 Å². The molecule has 0 fully saturated rings. The van der Waals surface area contributed by atoms with Crippen molar-refractivity contribution in [1.29, 1.82) is 0 Å². The first-order valence-electron chi connectivity index (χ1n) is 5.72. The number of ether oxygens (including phenoxy) is 1. The molecular weight excluding hydrogens is 268 g/mol. The van der Waals surface area contributed by atoms with Crippen molar-refractivity contribution in [2.75, 3.05) is 7.11 Å². The van der Waals surface area contributed by atoms with Gasteiger partial charge in [-0.05, 0) is 29.7 Å². The predicted molar refractivity (Wildman–Crippen MR) is 69.6 cm³/mol. The summed E-state index contributed by atoms with van der Waals surface area (Å²) in [5, 5.41) is 9.98. The van der Waals surface area contributed by atoms with Gasteiger partial charge < -0.3 is 9.84 Å². The average molecular weight is 282 g/mol. The Morgan fingerprint density at radius 2 is 2.11 bits per heavy atom. The summed E-state index contributed by atoms with van der Waals surface area (Å²) in [4.78, 5) is 11.0. The van der Waals surface area contributed by atoms with E-state index in [0.717, 1.165) is 5.41 Å². The first kappa shape index (κ1) is 13.6. The molecule has 0 saturated carbocycles. The molecule has 5 nitrogen and oxygen atoms in total. The minimum atomic E-state index is -3.47. The first-order chi connectivity index (χ1) is 8.85. The summed E-state index contributed by atoms with van der Waals surface area (Å²) in [7, 11) is -1.98. The molecule has 1 aliphatic rings. The number of methoxy groups -OCH3 is 1. The van der Waals surface area contributed by atoms with Crippen molar-refractivity contribution < 1.29 is 23.1 Å². The van der Waals surface area contributed by atoms with Gasteiger partial charge in [0.2, 0.25) is 9.84 Å². The number of carboxylic acids is 1. The molecule has 1 heterocycles. The number of rotatable bonds is 4. The van der Waals surface area contributed by atoms with E-state index in [1.165, 1.54) is 13.2 Å². The van der Waals surface area contributed by atoms with Gasteiger partial charge in [-0.25, -0.2) is 8.42 Å². The van der Waals surface area contributed by atoms with E-state index in [4.69, 9.17) is 9.84 Å². The van der Waals surface area contributed by atoms with E-state index in [1.807, 2.05) is 0 Å². The number of hydrogen-bond donors (Lipinski definition) is 1. The number of sulfone groups is 1. The van der Waals surface area contributed by atoms with E-state index in [0.29, 0.717) is 16.9 Å². The smallest absolute Gasteiger partial charge is 0.303 e. The number of fused-ring (bicyclic) bond motifs is 1. The molecule has 19 heavy (non-hydrogen) atoms. The summed E-state index contributed by atoms with van der Waals surface area (Å²) in [6, 6.07) is 4.69. The summed E-state index contributed by atoms with van der Waals surface area (Å²) in [6.45, 7) is 1.70. The van der Waals surface area contributed by atoms with Gasteiger partial charge in [0.15, 0.2) is 0 Å². The van der Waals surface area contributed by atoms with Gasteiger partial charge in [0.1, 0.15) is 5.75 Å². The molecule has 1 aliphatic heterocycles. The topological polar surface area (TPSA) is 80.7 Å². The number of benzene rings is 1. The molecule has 102 valence electrons. The van der Waals surface area contributed by atoms with Crippen LogP contribution in [0.15, 0.2) is 28.5 Å². The Kier molecular flexibility index (Phi) is 3.36. The fourth-order valence-corrected chi connectivity index (χ4v) is 3.72. The lowest BCUT2D eigenvalue weighted by atomic mass is 9.93. The van der Waals surface area contributed by atoms with Crippen LogP contribution in [0, 0.1) is 5.92 Å². The second kappa shape index (κ2) is 4.70. The van der Waals surface area contributed by atoms with Gasteiger partial charge in [0.05, 0.1) is 18.4 Å². The fraction of sp³-hybridized carbons (Fsp3) is 0.308. The van der Waals surface area contributed by atoms with Crippen LogP contribution in [0.2, 0.25) is 0 Å². The standard InChI is InChI=1S/C13H14O5S/c1-8(5-13(14)15)11-7-19(16,17)12-4-3-9(18-2)6-10(11)12/h3-4,6-8H,5H2,1-2H3,(H,14,15). The highest BCUT2D eigenvalue weighted by Gasteiger charge is 2.30. The Morgan fingerprint density at radius 1 is 1.42 bits per heavy atom. The quantitative estimate of drug-likeness (QED) is 0.912. The van der Waals surface area contributed by atoms with Crippen LogP contribution in [0.3, 0.4) is 0 Å². The highest BCUT2D eigenvalue weighted by atomic mass is 32.2. The molecule has 1 aromatic carbocycles. The van der Waals surface area contributed by atoms with Crippen LogP contribution in [0.1, 0.15) is 18.9 Å². The molecule has 1 aromatic rings. The molecule has 0 radical (unpaired) electrons. The Labute approximate surface area is 111 Å². The predicted octanol–water partition coefficient (Wildman–Crippen LogP) is 1.93. The van der Waals surface area contributed by atoms with Crippen LogP contribution < -0.4 is 4.74 Å². The molecule has 0 saturated heterocycles. The molecule has 1 N–H and O–H groups in total. The number of allylic oxidation sites excluding steroid dienone is 1. The molecule has 0 spiro atoms. The maximum Gasteiger partial charge on any atom is 0.303 e. The highest BCUT2D eigenvalue weighted by Crippen LogP contribution is 2.40. The second-order valence-electron chi connectivity index (χ2n) is 4.48. The van der Waals surface area contributed by atoms with Crippen LogP contribution in [-0.4, -0.2) is 26.6 Å². The number of carbonyl (C=O) groups is 1. The third-order valence-electron chi connectivity index (χ3n) is 3.10. The lowest BCUT2D eigenvalue weighted by molar-refractivity contribution is -0.137. The first-order valence-corrected chi connectivity index (χ1v) is 7.26. The van der Waals surface area contributed by atoms with E-state index in [-0.39, 0.29) is 17.2 Å². The Hall–Kier alpha value is -1.82. The van der Waals surface area contributed by atoms with Gasteiger partial charge in [-0.15, -0.1) is 0 Å². The molecule has 0 aliphatic carbocycles. The zero-order valence-corrected chi connectivity index (χ0v) is 11.4. The summed E-state index contributed by atoms with van der Waals surface area (Å²) in [5.74, 6) is -0.785. The number of aliphatic carboxylic acids is 1. The van der Waals surface area contributed by atoms with Crippen LogP contribution in [0.4, 0.5) is 0 Å². The maximum absolute atomic E-state index is 12.0. The normalized spacial score (nSPS) is 17.5. The van der Waals surface area contributed by atoms with Gasteiger partial charge in [-0.3, -0.25) is 4.79 Å². The van der Waals surface area contributed by atoms with Crippen LogP contribution >= 0.6 is 0 Å². The average Bonchev–Trinajstić information content (AvgIpc) is 2.60. The number of hydrogen-bond acceptors (Lipinski definition) is 4. The minimum Gasteiger partial charge on any atom is -0.497 e. The maximum atomic E-state index is 12.0. The molecule has 1 unspecified atom stereocenters. The lowest BCUT2D eigenvalue weighted by Gasteiger charge is -2.12. The SMILES string of the molecule is COc1ccc2c(c1)C(C(C)CC(=O)O)=CS2(=O)=O. The van der Waals surface area contributed by atoms with Crippen molar-refractivity contribution >= 4 is 21.4 Å². The zero-order valence-electron chi connectivity index (χ0n) is 10.6. The summed E-state index contributed by atoms with van der Waals surface area (Å²) >= 11 is 0. The van der Waals surface area contributed by atoms with Gasteiger partial charge >= 0.3 is 5.97 Å². The molecule has 1 atom stereocenters. The van der Waals surface area contributed by atoms with E-state index in [9.17, 15) is 13.2 Å². The summed E-state index contributed by atoms with van der Waals surface area (Å²) < 4.78 is 29.1. The number of carboxylic acid groups (broad SMARTS) is 1. The van der Waals surface area contributed by atoms with Crippen LogP contribution in [0.25, 0.3) is 5.57 Å². The molecule has 6 heteroatoms. The van der Waals surface area contributed by atoms with E-state index < -0.39 is 15.8 Å². The Balaban J connectivity index is 2.52. The molecule has 0 aromatic heterocycles. The van der Waals surface area contributed by atoms with Crippen molar-refractivity contribution in [3.8, 4) is 5.75 Å². The Morgan fingerprint density at radius 3 is 2.68 bits per heavy atom. The minimum absolute atomic E-state index is 0.113.